The number of nitrogens with zero attached hydrogens (tertiary/aromatic N) is 1. The van der Waals surface area contributed by atoms with Crippen LogP contribution in [0.5, 0.6) is 5.75 Å². The highest BCUT2D eigenvalue weighted by Crippen LogP contribution is 2.15. The van der Waals surface area contributed by atoms with E-state index in [1.165, 1.54) is 6.07 Å². The van der Waals surface area contributed by atoms with Gasteiger partial charge < -0.3 is 15.0 Å². The van der Waals surface area contributed by atoms with Gasteiger partial charge in [0.25, 0.3) is 5.91 Å². The lowest BCUT2D eigenvalue weighted by atomic mass is 10.3. The van der Waals surface area contributed by atoms with Crippen molar-refractivity contribution in [2.24, 2.45) is 0 Å². The molecule has 1 amide bonds. The van der Waals surface area contributed by atoms with E-state index < -0.39 is 11.6 Å². The third-order valence-corrected chi connectivity index (χ3v) is 2.72. The minimum absolute atomic E-state index is 0.150. The standard InChI is InChI=1S/C12H14F2N2O2/c13-10-2-1-9(7-11(10)14)18-8-12(17)16-5-3-15-4-6-16/h1-2,7,15H,3-6,8H2. The molecule has 98 valence electrons. The van der Waals surface area contributed by atoms with Gasteiger partial charge >= 0.3 is 0 Å². The quantitative estimate of drug-likeness (QED) is 0.868. The third kappa shape index (κ3) is 3.16. The van der Waals surface area contributed by atoms with E-state index in [1.807, 2.05) is 0 Å². The lowest BCUT2D eigenvalue weighted by Gasteiger charge is -2.27. The number of halogens is 2. The third-order valence-electron chi connectivity index (χ3n) is 2.72. The molecule has 1 aromatic carbocycles. The molecule has 1 heterocycles. The van der Waals surface area contributed by atoms with Crippen LogP contribution >= 0.6 is 0 Å². The molecule has 0 saturated carbocycles. The first kappa shape index (κ1) is 12.8. The number of carbonyl (C=O) groups excluding carboxylic acids is 1. The van der Waals surface area contributed by atoms with Crippen molar-refractivity contribution in [1.82, 2.24) is 10.2 Å². The van der Waals surface area contributed by atoms with Gasteiger partial charge in [-0.1, -0.05) is 0 Å². The Morgan fingerprint density at radius 1 is 1.28 bits per heavy atom. The Labute approximate surface area is 104 Å². The summed E-state index contributed by atoms with van der Waals surface area (Å²) in [6.07, 6.45) is 0. The van der Waals surface area contributed by atoms with Crippen molar-refractivity contribution in [3.05, 3.63) is 29.8 Å². The molecule has 0 bridgehead atoms. The highest BCUT2D eigenvalue weighted by atomic mass is 19.2. The second-order valence-corrected chi connectivity index (χ2v) is 4.00. The maximum absolute atomic E-state index is 12.9. The van der Waals surface area contributed by atoms with E-state index in [9.17, 15) is 13.6 Å². The molecule has 0 atom stereocenters. The van der Waals surface area contributed by atoms with E-state index >= 15 is 0 Å². The van der Waals surface area contributed by atoms with Crippen LogP contribution in [0.3, 0.4) is 0 Å². The molecule has 0 spiro atoms. The normalized spacial score (nSPS) is 15.6. The Bertz CT molecular complexity index is 434. The zero-order valence-electron chi connectivity index (χ0n) is 9.79. The predicted molar refractivity (Wildman–Crippen MR) is 61.3 cm³/mol. The molecule has 18 heavy (non-hydrogen) atoms. The molecule has 2 rings (SSSR count). The van der Waals surface area contributed by atoms with Crippen molar-refractivity contribution < 1.29 is 18.3 Å². The first-order valence-electron chi connectivity index (χ1n) is 5.73. The van der Waals surface area contributed by atoms with Gasteiger partial charge in [-0.15, -0.1) is 0 Å². The summed E-state index contributed by atoms with van der Waals surface area (Å²) in [4.78, 5) is 13.4. The van der Waals surface area contributed by atoms with Gasteiger partial charge in [0.05, 0.1) is 0 Å². The van der Waals surface area contributed by atoms with Crippen LogP contribution in [0.15, 0.2) is 18.2 Å². The molecule has 6 heteroatoms. The molecule has 1 aliphatic heterocycles. The lowest BCUT2D eigenvalue weighted by molar-refractivity contribution is -0.133. The van der Waals surface area contributed by atoms with Crippen LogP contribution < -0.4 is 10.1 Å². The summed E-state index contributed by atoms with van der Waals surface area (Å²) in [5, 5.41) is 3.13. The first-order valence-corrected chi connectivity index (χ1v) is 5.73. The highest BCUT2D eigenvalue weighted by molar-refractivity contribution is 5.77. The van der Waals surface area contributed by atoms with Crippen LogP contribution in [0.4, 0.5) is 8.78 Å². The summed E-state index contributed by atoms with van der Waals surface area (Å²) in [6.45, 7) is 2.64. The second kappa shape index (κ2) is 5.77. The number of hydrogen-bond donors (Lipinski definition) is 1. The molecular formula is C12H14F2N2O2. The summed E-state index contributed by atoms with van der Waals surface area (Å²) >= 11 is 0. The molecule has 0 unspecified atom stereocenters. The SMILES string of the molecule is O=C(COc1ccc(F)c(F)c1)N1CCNCC1. The monoisotopic (exact) mass is 256 g/mol. The van der Waals surface area contributed by atoms with Crippen LogP contribution in [0, 0.1) is 11.6 Å². The summed E-state index contributed by atoms with van der Waals surface area (Å²) in [6, 6.07) is 3.20. The van der Waals surface area contributed by atoms with Crippen molar-refractivity contribution in [1.29, 1.82) is 0 Å². The lowest BCUT2D eigenvalue weighted by Crippen LogP contribution is -2.47. The van der Waals surface area contributed by atoms with Gasteiger partial charge in [0.15, 0.2) is 18.2 Å². The van der Waals surface area contributed by atoms with Gasteiger partial charge in [-0.25, -0.2) is 8.78 Å². The largest absolute Gasteiger partial charge is 0.484 e. The van der Waals surface area contributed by atoms with Crippen molar-refractivity contribution >= 4 is 5.91 Å². The number of hydrogen-bond acceptors (Lipinski definition) is 3. The Kier molecular flexibility index (Phi) is 4.09. The van der Waals surface area contributed by atoms with Gasteiger partial charge in [0, 0.05) is 32.2 Å². The maximum atomic E-state index is 12.9. The molecule has 1 aliphatic rings. The molecule has 1 saturated heterocycles. The maximum Gasteiger partial charge on any atom is 0.260 e. The van der Waals surface area contributed by atoms with Crippen LogP contribution in [-0.4, -0.2) is 43.6 Å². The number of ether oxygens (including phenoxy) is 1. The summed E-state index contributed by atoms with van der Waals surface area (Å²) < 4.78 is 30.7. The Balaban J connectivity index is 1.86. The van der Waals surface area contributed by atoms with Crippen LogP contribution in [-0.2, 0) is 4.79 Å². The van der Waals surface area contributed by atoms with Gasteiger partial charge in [-0.3, -0.25) is 4.79 Å². The Morgan fingerprint density at radius 3 is 2.67 bits per heavy atom. The van der Waals surface area contributed by atoms with E-state index in [0.29, 0.717) is 13.1 Å². The molecule has 1 N–H and O–H groups in total. The number of carbonyl (C=O) groups is 1. The van der Waals surface area contributed by atoms with E-state index in [1.54, 1.807) is 4.90 Å². The number of rotatable bonds is 3. The fourth-order valence-electron chi connectivity index (χ4n) is 1.72. The van der Waals surface area contributed by atoms with Gasteiger partial charge in [-0.2, -0.15) is 0 Å². The van der Waals surface area contributed by atoms with Gasteiger partial charge in [-0.05, 0) is 12.1 Å². The average Bonchev–Trinajstić information content (AvgIpc) is 2.41. The fourth-order valence-corrected chi connectivity index (χ4v) is 1.72. The number of benzene rings is 1. The number of amides is 1. The fraction of sp³-hybridized carbons (Fsp3) is 0.417. The molecule has 1 fully saturated rings. The van der Waals surface area contributed by atoms with E-state index in [0.717, 1.165) is 25.2 Å². The van der Waals surface area contributed by atoms with Gasteiger partial charge in [0.1, 0.15) is 5.75 Å². The zero-order chi connectivity index (χ0) is 13.0. The van der Waals surface area contributed by atoms with E-state index in [-0.39, 0.29) is 18.3 Å². The van der Waals surface area contributed by atoms with Crippen LogP contribution in [0.2, 0.25) is 0 Å². The van der Waals surface area contributed by atoms with E-state index in [2.05, 4.69) is 5.32 Å². The second-order valence-electron chi connectivity index (χ2n) is 4.00. The minimum atomic E-state index is -0.984. The topological polar surface area (TPSA) is 41.6 Å². The number of piperazine rings is 1. The number of nitrogens with one attached hydrogen (secondary N) is 1. The summed E-state index contributed by atoms with van der Waals surface area (Å²) in [5.74, 6) is -1.92. The van der Waals surface area contributed by atoms with Crippen molar-refractivity contribution in [2.75, 3.05) is 32.8 Å². The first-order chi connectivity index (χ1) is 8.66. The zero-order valence-corrected chi connectivity index (χ0v) is 9.79. The van der Waals surface area contributed by atoms with Crippen LogP contribution in [0.25, 0.3) is 0 Å². The molecule has 0 aromatic heterocycles. The Morgan fingerprint density at radius 2 is 2.00 bits per heavy atom. The summed E-state index contributed by atoms with van der Waals surface area (Å²) in [5.41, 5.74) is 0. The molecule has 0 radical (unpaired) electrons. The molecule has 0 aliphatic carbocycles. The predicted octanol–water partition coefficient (Wildman–Crippen LogP) is 0.775. The smallest absolute Gasteiger partial charge is 0.260 e. The molecule has 4 nitrogen and oxygen atoms in total. The Hall–Kier alpha value is -1.69. The van der Waals surface area contributed by atoms with E-state index in [4.69, 9.17) is 4.74 Å². The van der Waals surface area contributed by atoms with Crippen molar-refractivity contribution in [3.8, 4) is 5.75 Å². The highest BCUT2D eigenvalue weighted by Gasteiger charge is 2.16. The summed E-state index contributed by atoms with van der Waals surface area (Å²) in [7, 11) is 0. The van der Waals surface area contributed by atoms with Crippen molar-refractivity contribution in [3.63, 3.8) is 0 Å². The minimum Gasteiger partial charge on any atom is -0.484 e. The average molecular weight is 256 g/mol. The van der Waals surface area contributed by atoms with Gasteiger partial charge in [0.2, 0.25) is 0 Å². The van der Waals surface area contributed by atoms with Crippen LogP contribution in [0.1, 0.15) is 0 Å². The molecule has 1 aromatic rings. The van der Waals surface area contributed by atoms with Crippen molar-refractivity contribution in [2.45, 2.75) is 0 Å². The molecular weight excluding hydrogens is 242 g/mol.